The van der Waals surface area contributed by atoms with Crippen LogP contribution in [0.5, 0.6) is 0 Å². The summed E-state index contributed by atoms with van der Waals surface area (Å²) in [5.74, 6) is -0.386. The molecule has 0 bridgehead atoms. The van der Waals surface area contributed by atoms with Crippen molar-refractivity contribution in [3.63, 3.8) is 0 Å². The topological polar surface area (TPSA) is 81.5 Å². The van der Waals surface area contributed by atoms with E-state index in [0.29, 0.717) is 11.3 Å². The lowest BCUT2D eigenvalue weighted by Gasteiger charge is -2.14. The van der Waals surface area contributed by atoms with Crippen molar-refractivity contribution in [1.82, 2.24) is 0 Å². The van der Waals surface area contributed by atoms with Crippen LogP contribution in [0.25, 0.3) is 0 Å². The van der Waals surface area contributed by atoms with E-state index in [2.05, 4.69) is 10.1 Å². The van der Waals surface area contributed by atoms with Gasteiger partial charge in [-0.15, -0.1) is 0 Å². The number of ether oxygens (including phenoxy) is 1. The first-order chi connectivity index (χ1) is 7.95. The molecule has 0 aliphatic heterocycles. The first kappa shape index (κ1) is 13.0. The number of anilines is 1. The molecule has 0 spiro atoms. The second-order valence-electron chi connectivity index (χ2n) is 3.65. The highest BCUT2D eigenvalue weighted by Gasteiger charge is 2.14. The van der Waals surface area contributed by atoms with Gasteiger partial charge in [-0.2, -0.15) is 0 Å². The van der Waals surface area contributed by atoms with Crippen LogP contribution in [-0.2, 0) is 9.53 Å². The van der Waals surface area contributed by atoms with Crippen molar-refractivity contribution in [2.75, 3.05) is 12.4 Å². The van der Waals surface area contributed by atoms with E-state index >= 15 is 0 Å². The van der Waals surface area contributed by atoms with Gasteiger partial charge < -0.3 is 10.1 Å². The number of esters is 1. The Kier molecular flexibility index (Phi) is 4.03. The van der Waals surface area contributed by atoms with Gasteiger partial charge in [0.25, 0.3) is 5.69 Å². The zero-order valence-corrected chi connectivity index (χ0v) is 9.89. The van der Waals surface area contributed by atoms with Crippen LogP contribution in [0.3, 0.4) is 0 Å². The van der Waals surface area contributed by atoms with Crippen molar-refractivity contribution in [1.29, 1.82) is 0 Å². The highest BCUT2D eigenvalue weighted by molar-refractivity contribution is 5.79. The average molecular weight is 238 g/mol. The summed E-state index contributed by atoms with van der Waals surface area (Å²) in [6.07, 6.45) is 0. The predicted octanol–water partition coefficient (Wildman–Crippen LogP) is 1.88. The minimum absolute atomic E-state index is 0.0266. The normalized spacial score (nSPS) is 11.7. The van der Waals surface area contributed by atoms with E-state index in [0.717, 1.165) is 0 Å². The van der Waals surface area contributed by atoms with Gasteiger partial charge >= 0.3 is 5.97 Å². The van der Waals surface area contributed by atoms with Gasteiger partial charge in [0.2, 0.25) is 0 Å². The molecule has 0 amide bonds. The number of methoxy groups -OCH3 is 1. The molecule has 0 fully saturated rings. The van der Waals surface area contributed by atoms with Crippen LogP contribution in [0.4, 0.5) is 11.4 Å². The van der Waals surface area contributed by atoms with Crippen LogP contribution in [0.15, 0.2) is 18.2 Å². The maximum absolute atomic E-state index is 11.2. The molecule has 1 aromatic carbocycles. The minimum Gasteiger partial charge on any atom is -0.467 e. The van der Waals surface area contributed by atoms with Crippen LogP contribution >= 0.6 is 0 Å². The number of nitrogens with zero attached hydrogens (tertiary/aromatic N) is 1. The number of aryl methyl sites for hydroxylation is 1. The lowest BCUT2D eigenvalue weighted by atomic mass is 10.1. The SMILES string of the molecule is COC(=O)C(C)Nc1ccc([N+](=O)[O-])cc1C. The van der Waals surface area contributed by atoms with Gasteiger partial charge in [0, 0.05) is 17.8 Å². The fourth-order valence-electron chi connectivity index (χ4n) is 1.39. The summed E-state index contributed by atoms with van der Waals surface area (Å²) in [5, 5.41) is 13.5. The summed E-state index contributed by atoms with van der Waals surface area (Å²) in [7, 11) is 1.31. The van der Waals surface area contributed by atoms with Crippen molar-refractivity contribution < 1.29 is 14.5 Å². The van der Waals surface area contributed by atoms with Gasteiger partial charge in [-0.1, -0.05) is 0 Å². The van der Waals surface area contributed by atoms with Crippen LogP contribution < -0.4 is 5.32 Å². The lowest BCUT2D eigenvalue weighted by molar-refractivity contribution is -0.384. The van der Waals surface area contributed by atoms with E-state index in [1.54, 1.807) is 19.9 Å². The Hall–Kier alpha value is -2.11. The van der Waals surface area contributed by atoms with Crippen molar-refractivity contribution in [3.8, 4) is 0 Å². The predicted molar refractivity (Wildman–Crippen MR) is 62.9 cm³/mol. The standard InChI is InChI=1S/C11H14N2O4/c1-7-6-9(13(15)16)4-5-10(7)12-8(2)11(14)17-3/h4-6,8,12H,1-3H3. The quantitative estimate of drug-likeness (QED) is 0.492. The lowest BCUT2D eigenvalue weighted by Crippen LogP contribution is -2.27. The smallest absolute Gasteiger partial charge is 0.327 e. The summed E-state index contributed by atoms with van der Waals surface area (Å²) < 4.78 is 4.58. The molecule has 0 aromatic heterocycles. The maximum Gasteiger partial charge on any atom is 0.327 e. The highest BCUT2D eigenvalue weighted by Crippen LogP contribution is 2.21. The monoisotopic (exact) mass is 238 g/mol. The molecule has 0 heterocycles. The Labute approximate surface area is 98.7 Å². The Morgan fingerprint density at radius 3 is 2.65 bits per heavy atom. The van der Waals surface area contributed by atoms with E-state index < -0.39 is 11.0 Å². The Morgan fingerprint density at radius 1 is 1.53 bits per heavy atom. The molecule has 1 N–H and O–H groups in total. The van der Waals surface area contributed by atoms with Crippen molar-refractivity contribution >= 4 is 17.3 Å². The first-order valence-electron chi connectivity index (χ1n) is 5.05. The van der Waals surface area contributed by atoms with Gasteiger partial charge in [0.15, 0.2) is 0 Å². The number of carbonyl (C=O) groups is 1. The Balaban J connectivity index is 2.86. The van der Waals surface area contributed by atoms with Gasteiger partial charge in [-0.25, -0.2) is 4.79 Å². The second kappa shape index (κ2) is 5.29. The highest BCUT2D eigenvalue weighted by atomic mass is 16.6. The zero-order chi connectivity index (χ0) is 13.0. The molecule has 92 valence electrons. The fraction of sp³-hybridized carbons (Fsp3) is 0.364. The molecule has 1 atom stereocenters. The first-order valence-corrected chi connectivity index (χ1v) is 5.05. The Bertz CT molecular complexity index is 445. The number of hydrogen-bond acceptors (Lipinski definition) is 5. The van der Waals surface area contributed by atoms with E-state index in [9.17, 15) is 14.9 Å². The maximum atomic E-state index is 11.2. The third kappa shape index (κ3) is 3.17. The number of nitro benzene ring substituents is 1. The molecule has 17 heavy (non-hydrogen) atoms. The fourth-order valence-corrected chi connectivity index (χ4v) is 1.39. The van der Waals surface area contributed by atoms with Crippen LogP contribution in [0.1, 0.15) is 12.5 Å². The summed E-state index contributed by atoms with van der Waals surface area (Å²) in [5.41, 5.74) is 1.40. The molecular weight excluding hydrogens is 224 g/mol. The van der Waals surface area contributed by atoms with E-state index in [4.69, 9.17) is 0 Å². The number of benzene rings is 1. The van der Waals surface area contributed by atoms with Gasteiger partial charge in [0.05, 0.1) is 12.0 Å². The number of nitro groups is 1. The van der Waals surface area contributed by atoms with Crippen molar-refractivity contribution in [2.45, 2.75) is 19.9 Å². The molecule has 0 aliphatic rings. The van der Waals surface area contributed by atoms with Crippen LogP contribution in [-0.4, -0.2) is 24.0 Å². The third-order valence-electron chi connectivity index (χ3n) is 2.35. The van der Waals surface area contributed by atoms with Gasteiger partial charge in [0.1, 0.15) is 6.04 Å². The van der Waals surface area contributed by atoms with Crippen LogP contribution in [0.2, 0.25) is 0 Å². The molecular formula is C11H14N2O4. The molecule has 1 unspecified atom stereocenters. The molecule has 1 aromatic rings. The summed E-state index contributed by atoms with van der Waals surface area (Å²) in [6, 6.07) is 3.92. The van der Waals surface area contributed by atoms with Gasteiger partial charge in [-0.05, 0) is 25.5 Å². The molecule has 0 aliphatic carbocycles. The van der Waals surface area contributed by atoms with E-state index in [-0.39, 0.29) is 11.7 Å². The number of nitrogens with one attached hydrogen (secondary N) is 1. The minimum atomic E-state index is -0.500. The largest absolute Gasteiger partial charge is 0.467 e. The molecule has 0 saturated carbocycles. The summed E-state index contributed by atoms with van der Waals surface area (Å²) in [4.78, 5) is 21.3. The van der Waals surface area contributed by atoms with Crippen LogP contribution in [0, 0.1) is 17.0 Å². The second-order valence-corrected chi connectivity index (χ2v) is 3.65. The zero-order valence-electron chi connectivity index (χ0n) is 9.89. The van der Waals surface area contributed by atoms with E-state index in [1.165, 1.54) is 19.2 Å². The van der Waals surface area contributed by atoms with Crippen molar-refractivity contribution in [3.05, 3.63) is 33.9 Å². The molecule has 6 nitrogen and oxygen atoms in total. The Morgan fingerprint density at radius 2 is 2.18 bits per heavy atom. The molecule has 1 rings (SSSR count). The average Bonchev–Trinajstić information content (AvgIpc) is 2.30. The summed E-state index contributed by atoms with van der Waals surface area (Å²) >= 11 is 0. The number of carbonyl (C=O) groups excluding carboxylic acids is 1. The van der Waals surface area contributed by atoms with Gasteiger partial charge in [-0.3, -0.25) is 10.1 Å². The molecule has 0 radical (unpaired) electrons. The van der Waals surface area contributed by atoms with Crippen molar-refractivity contribution in [2.24, 2.45) is 0 Å². The number of rotatable bonds is 4. The molecule has 0 saturated heterocycles. The molecule has 6 heteroatoms. The number of hydrogen-bond donors (Lipinski definition) is 1. The van der Waals surface area contributed by atoms with E-state index in [1.807, 2.05) is 0 Å². The summed E-state index contributed by atoms with van der Waals surface area (Å²) in [6.45, 7) is 3.39. The number of non-ortho nitro benzene ring substituents is 1. The third-order valence-corrected chi connectivity index (χ3v) is 2.35.